The molecule has 7 heteroatoms. The Kier molecular flexibility index (Phi) is 4.73. The Morgan fingerprint density at radius 1 is 1.13 bits per heavy atom. The fraction of sp³-hybridized carbons (Fsp3) is 0.458. The zero-order valence-corrected chi connectivity index (χ0v) is 17.5. The van der Waals surface area contributed by atoms with E-state index in [0.29, 0.717) is 24.4 Å². The van der Waals surface area contributed by atoms with Gasteiger partial charge in [0.25, 0.3) is 5.91 Å². The molecule has 4 heterocycles. The number of rotatable bonds is 5. The molecule has 1 N–H and O–H groups in total. The van der Waals surface area contributed by atoms with Crippen LogP contribution in [0.3, 0.4) is 0 Å². The zero-order chi connectivity index (χ0) is 20.8. The summed E-state index contributed by atoms with van der Waals surface area (Å²) in [6.45, 7) is 3.26. The van der Waals surface area contributed by atoms with Gasteiger partial charge in [0.15, 0.2) is 11.3 Å². The number of morpholine rings is 1. The molecule has 6 rings (SSSR count). The van der Waals surface area contributed by atoms with Gasteiger partial charge in [-0.2, -0.15) is 5.10 Å². The lowest BCUT2D eigenvalue weighted by Crippen LogP contribution is -2.47. The molecule has 1 aromatic carbocycles. The van der Waals surface area contributed by atoms with Gasteiger partial charge in [-0.3, -0.25) is 9.69 Å². The van der Waals surface area contributed by atoms with Crippen LogP contribution in [0.2, 0.25) is 0 Å². The van der Waals surface area contributed by atoms with Crippen molar-refractivity contribution in [1.82, 2.24) is 25.0 Å². The van der Waals surface area contributed by atoms with E-state index in [1.165, 1.54) is 12.8 Å². The van der Waals surface area contributed by atoms with Gasteiger partial charge in [-0.15, -0.1) is 0 Å². The van der Waals surface area contributed by atoms with Crippen molar-refractivity contribution in [3.63, 3.8) is 0 Å². The van der Waals surface area contributed by atoms with Crippen LogP contribution in [-0.4, -0.2) is 63.5 Å². The van der Waals surface area contributed by atoms with Crippen LogP contribution in [0.15, 0.2) is 48.7 Å². The van der Waals surface area contributed by atoms with Crippen molar-refractivity contribution < 1.29 is 9.53 Å². The number of pyridine rings is 1. The topological polar surface area (TPSA) is 72.3 Å². The summed E-state index contributed by atoms with van der Waals surface area (Å²) in [7, 11) is 0. The van der Waals surface area contributed by atoms with Crippen LogP contribution in [-0.2, 0) is 11.3 Å². The number of nitrogens with zero attached hydrogens (tertiary/aromatic N) is 4. The van der Waals surface area contributed by atoms with Crippen LogP contribution in [0.25, 0.3) is 11.0 Å². The summed E-state index contributed by atoms with van der Waals surface area (Å²) < 4.78 is 7.92. The molecule has 3 atom stereocenters. The second-order valence-electron chi connectivity index (χ2n) is 9.09. The zero-order valence-electron chi connectivity index (χ0n) is 17.5. The second-order valence-corrected chi connectivity index (χ2v) is 9.09. The van der Waals surface area contributed by atoms with E-state index >= 15 is 0 Å². The summed E-state index contributed by atoms with van der Waals surface area (Å²) in [5.41, 5.74) is 2.32. The average molecular weight is 418 g/mol. The number of hydrogen-bond acceptors (Lipinski definition) is 5. The standard InChI is InChI=1S/C24H27N5O2/c30-24(26-18-11-19-15-31-21(17-8-9-17)14-28(19)13-18)22-20-7-4-10-25-23(20)29(27-22)12-16-5-2-1-3-6-16/h1-7,10,17-19,21H,8-9,11-15H2,(H,26,30)/t18-,19+,21+/m1/s1. The van der Waals surface area contributed by atoms with Gasteiger partial charge in [0.05, 0.1) is 24.6 Å². The minimum absolute atomic E-state index is 0.116. The quantitative estimate of drug-likeness (QED) is 0.691. The number of benzene rings is 1. The Balaban J connectivity index is 1.19. The maximum absolute atomic E-state index is 13.2. The van der Waals surface area contributed by atoms with Crippen LogP contribution >= 0.6 is 0 Å². The molecule has 7 nitrogen and oxygen atoms in total. The van der Waals surface area contributed by atoms with Gasteiger partial charge in [0, 0.05) is 31.4 Å². The number of hydrogen-bond donors (Lipinski definition) is 1. The lowest BCUT2D eigenvalue weighted by atomic mass is 10.1. The van der Waals surface area contributed by atoms with Gasteiger partial charge in [-0.05, 0) is 42.9 Å². The molecule has 1 aliphatic carbocycles. The molecule has 0 bridgehead atoms. The molecule has 1 saturated carbocycles. The summed E-state index contributed by atoms with van der Waals surface area (Å²) in [5, 5.41) is 8.70. The van der Waals surface area contributed by atoms with E-state index in [0.717, 1.165) is 48.6 Å². The van der Waals surface area contributed by atoms with Gasteiger partial charge in [0.2, 0.25) is 0 Å². The van der Waals surface area contributed by atoms with Crippen molar-refractivity contribution in [1.29, 1.82) is 0 Å². The smallest absolute Gasteiger partial charge is 0.272 e. The van der Waals surface area contributed by atoms with Crippen molar-refractivity contribution >= 4 is 16.9 Å². The monoisotopic (exact) mass is 417 g/mol. The first kappa shape index (κ1) is 19.0. The summed E-state index contributed by atoms with van der Waals surface area (Å²) in [5.74, 6) is 0.636. The first-order valence-electron chi connectivity index (χ1n) is 11.3. The summed E-state index contributed by atoms with van der Waals surface area (Å²) in [6, 6.07) is 14.5. The first-order valence-corrected chi connectivity index (χ1v) is 11.3. The number of carbonyl (C=O) groups is 1. The maximum atomic E-state index is 13.2. The molecular weight excluding hydrogens is 390 g/mol. The number of ether oxygens (including phenoxy) is 1. The molecule has 2 saturated heterocycles. The molecule has 2 aliphatic heterocycles. The lowest BCUT2D eigenvalue weighted by molar-refractivity contribution is -0.0581. The normalized spacial score (nSPS) is 26.1. The highest BCUT2D eigenvalue weighted by Crippen LogP contribution is 2.38. The van der Waals surface area contributed by atoms with Gasteiger partial charge in [-0.25, -0.2) is 9.67 Å². The number of aromatic nitrogens is 3. The Labute approximate surface area is 181 Å². The van der Waals surface area contributed by atoms with Gasteiger partial charge >= 0.3 is 0 Å². The summed E-state index contributed by atoms with van der Waals surface area (Å²) in [4.78, 5) is 20.2. The highest BCUT2D eigenvalue weighted by Gasteiger charge is 2.42. The van der Waals surface area contributed by atoms with Crippen molar-refractivity contribution in [2.75, 3.05) is 19.7 Å². The van der Waals surface area contributed by atoms with Crippen molar-refractivity contribution in [3.05, 3.63) is 59.9 Å². The molecule has 3 aliphatic rings. The fourth-order valence-electron chi connectivity index (χ4n) is 5.05. The largest absolute Gasteiger partial charge is 0.375 e. The lowest BCUT2D eigenvalue weighted by Gasteiger charge is -2.35. The van der Waals surface area contributed by atoms with Crippen LogP contribution in [0.5, 0.6) is 0 Å². The summed E-state index contributed by atoms with van der Waals surface area (Å²) in [6.07, 6.45) is 5.67. The molecule has 3 fully saturated rings. The molecule has 2 aromatic heterocycles. The van der Waals surface area contributed by atoms with E-state index < -0.39 is 0 Å². The molecule has 0 spiro atoms. The Morgan fingerprint density at radius 2 is 2.00 bits per heavy atom. The van der Waals surface area contributed by atoms with Gasteiger partial charge < -0.3 is 10.1 Å². The third-order valence-electron chi connectivity index (χ3n) is 6.83. The molecule has 160 valence electrons. The first-order chi connectivity index (χ1) is 15.2. The van der Waals surface area contributed by atoms with E-state index in [9.17, 15) is 4.79 Å². The molecule has 3 aromatic rings. The molecule has 31 heavy (non-hydrogen) atoms. The van der Waals surface area contributed by atoms with E-state index in [1.54, 1.807) is 6.20 Å². The Bertz CT molecular complexity index is 1090. The van der Waals surface area contributed by atoms with Crippen LogP contribution in [0.1, 0.15) is 35.3 Å². The van der Waals surface area contributed by atoms with Crippen LogP contribution in [0.4, 0.5) is 0 Å². The predicted molar refractivity (Wildman–Crippen MR) is 117 cm³/mol. The van der Waals surface area contributed by atoms with Gasteiger partial charge in [0.1, 0.15) is 0 Å². The van der Waals surface area contributed by atoms with Crippen molar-refractivity contribution in [3.8, 4) is 0 Å². The number of amides is 1. The predicted octanol–water partition coefficient (Wildman–Crippen LogP) is 2.46. The molecule has 0 radical (unpaired) electrons. The maximum Gasteiger partial charge on any atom is 0.272 e. The third kappa shape index (κ3) is 3.72. The van der Waals surface area contributed by atoms with E-state index in [-0.39, 0.29) is 11.9 Å². The third-order valence-corrected chi connectivity index (χ3v) is 6.83. The van der Waals surface area contributed by atoms with Crippen molar-refractivity contribution in [2.45, 2.75) is 44.0 Å². The van der Waals surface area contributed by atoms with Gasteiger partial charge in [-0.1, -0.05) is 30.3 Å². The van der Waals surface area contributed by atoms with E-state index in [1.807, 2.05) is 35.0 Å². The fourth-order valence-corrected chi connectivity index (χ4v) is 5.05. The van der Waals surface area contributed by atoms with E-state index in [4.69, 9.17) is 4.74 Å². The highest BCUT2D eigenvalue weighted by molar-refractivity contribution is 6.04. The number of carbonyl (C=O) groups excluding carboxylic acids is 1. The molecule has 0 unspecified atom stereocenters. The number of fused-ring (bicyclic) bond motifs is 2. The highest BCUT2D eigenvalue weighted by atomic mass is 16.5. The SMILES string of the molecule is O=C(N[C@@H]1C[C@H]2CO[C@H](C3CC3)CN2C1)c1nn(Cc2ccccc2)c2ncccc12. The van der Waals surface area contributed by atoms with Crippen LogP contribution in [0, 0.1) is 5.92 Å². The van der Waals surface area contributed by atoms with E-state index in [2.05, 4.69) is 32.4 Å². The summed E-state index contributed by atoms with van der Waals surface area (Å²) >= 11 is 0. The van der Waals surface area contributed by atoms with Crippen LogP contribution < -0.4 is 5.32 Å². The molecular formula is C24H27N5O2. The second kappa shape index (κ2) is 7.73. The molecule has 1 amide bonds. The minimum atomic E-state index is -0.116. The average Bonchev–Trinajstić information content (AvgIpc) is 3.47. The Hall–Kier alpha value is -2.77. The number of nitrogens with one attached hydrogen (secondary N) is 1. The van der Waals surface area contributed by atoms with Crippen molar-refractivity contribution in [2.24, 2.45) is 5.92 Å². The Morgan fingerprint density at radius 3 is 2.84 bits per heavy atom. The minimum Gasteiger partial charge on any atom is -0.375 e.